The molecule has 0 saturated carbocycles. The van der Waals surface area contributed by atoms with Crippen LogP contribution in [0.1, 0.15) is 15.6 Å². The van der Waals surface area contributed by atoms with Gasteiger partial charge in [-0.1, -0.05) is 6.07 Å². The molecule has 0 spiro atoms. The number of nitrogens with one attached hydrogen (secondary N) is 1. The number of nitrogens with two attached hydrogens (primary N) is 1. The van der Waals surface area contributed by atoms with E-state index in [1.165, 1.54) is 4.88 Å². The van der Waals surface area contributed by atoms with Gasteiger partial charge in [0.1, 0.15) is 5.75 Å². The molecule has 0 saturated heterocycles. The molecule has 0 amide bonds. The van der Waals surface area contributed by atoms with Gasteiger partial charge in [0.2, 0.25) is 0 Å². The maximum Gasteiger partial charge on any atom is 0.193 e. The molecule has 6 heteroatoms. The molecule has 21 heavy (non-hydrogen) atoms. The van der Waals surface area contributed by atoms with Gasteiger partial charge >= 0.3 is 0 Å². The van der Waals surface area contributed by atoms with Crippen molar-refractivity contribution in [1.82, 2.24) is 4.98 Å². The largest absolute Gasteiger partial charge is 0.497 e. The predicted octanol–water partition coefficient (Wildman–Crippen LogP) is 2.74. The van der Waals surface area contributed by atoms with Crippen molar-refractivity contribution in [1.29, 1.82) is 0 Å². The molecule has 0 aliphatic carbocycles. The lowest BCUT2D eigenvalue weighted by atomic mass is 10.3. The number of aromatic nitrogens is 1. The van der Waals surface area contributed by atoms with E-state index in [-0.39, 0.29) is 0 Å². The Bertz CT molecular complexity index is 636. The highest BCUT2D eigenvalue weighted by molar-refractivity contribution is 7.11. The maximum atomic E-state index is 5.89. The third-order valence-corrected chi connectivity index (χ3v) is 4.10. The summed E-state index contributed by atoms with van der Waals surface area (Å²) in [5.74, 6) is 1.19. The van der Waals surface area contributed by atoms with Gasteiger partial charge in [-0.15, -0.1) is 11.3 Å². The van der Waals surface area contributed by atoms with Gasteiger partial charge in [-0.2, -0.15) is 0 Å². The highest BCUT2D eigenvalue weighted by Crippen LogP contribution is 2.18. The van der Waals surface area contributed by atoms with Crippen molar-refractivity contribution in [2.75, 3.05) is 19.0 Å². The SMILES string of the molecule is COc1cccc(NC(N)=NCCc2sc(C)nc2C)c1. The normalized spacial score (nSPS) is 11.5. The molecule has 1 aromatic heterocycles. The lowest BCUT2D eigenvalue weighted by Crippen LogP contribution is -2.23. The number of rotatable bonds is 5. The summed E-state index contributed by atoms with van der Waals surface area (Å²) in [6.07, 6.45) is 0.859. The van der Waals surface area contributed by atoms with E-state index in [1.807, 2.05) is 38.1 Å². The number of nitrogens with zero attached hydrogens (tertiary/aromatic N) is 2. The van der Waals surface area contributed by atoms with Crippen molar-refractivity contribution >= 4 is 23.0 Å². The zero-order valence-electron chi connectivity index (χ0n) is 12.5. The van der Waals surface area contributed by atoms with Crippen LogP contribution in [0.3, 0.4) is 0 Å². The number of benzene rings is 1. The van der Waals surface area contributed by atoms with Crippen LogP contribution in [0.2, 0.25) is 0 Å². The van der Waals surface area contributed by atoms with Gasteiger partial charge in [-0.25, -0.2) is 4.98 Å². The van der Waals surface area contributed by atoms with E-state index < -0.39 is 0 Å². The van der Waals surface area contributed by atoms with Gasteiger partial charge in [-0.3, -0.25) is 4.99 Å². The first kappa shape index (κ1) is 15.3. The van der Waals surface area contributed by atoms with E-state index in [2.05, 4.69) is 15.3 Å². The van der Waals surface area contributed by atoms with Crippen molar-refractivity contribution in [2.24, 2.45) is 10.7 Å². The minimum Gasteiger partial charge on any atom is -0.497 e. The lowest BCUT2D eigenvalue weighted by Gasteiger charge is -2.07. The number of anilines is 1. The standard InChI is InChI=1S/C15H20N4OS/c1-10-14(21-11(2)18-10)7-8-17-15(16)19-12-5-4-6-13(9-12)20-3/h4-6,9H,7-8H2,1-3H3,(H3,16,17,19). The molecule has 0 bridgehead atoms. The third-order valence-electron chi connectivity index (χ3n) is 2.96. The molecule has 2 rings (SSSR count). The molecule has 0 fully saturated rings. The average Bonchev–Trinajstić information content (AvgIpc) is 2.77. The van der Waals surface area contributed by atoms with Gasteiger partial charge < -0.3 is 15.8 Å². The number of methoxy groups -OCH3 is 1. The van der Waals surface area contributed by atoms with Crippen LogP contribution < -0.4 is 15.8 Å². The summed E-state index contributed by atoms with van der Waals surface area (Å²) in [7, 11) is 1.63. The zero-order chi connectivity index (χ0) is 15.2. The number of thiazole rings is 1. The minimum atomic E-state index is 0.405. The molecule has 1 aromatic carbocycles. The Labute approximate surface area is 128 Å². The molecule has 0 unspecified atom stereocenters. The number of hydrogen-bond donors (Lipinski definition) is 2. The summed E-state index contributed by atoms with van der Waals surface area (Å²) in [5.41, 5.74) is 7.84. The van der Waals surface area contributed by atoms with Crippen LogP contribution in [-0.4, -0.2) is 24.6 Å². The Balaban J connectivity index is 1.90. The van der Waals surface area contributed by atoms with Crippen LogP contribution in [0, 0.1) is 13.8 Å². The fourth-order valence-electron chi connectivity index (χ4n) is 1.97. The molecule has 112 valence electrons. The van der Waals surface area contributed by atoms with Crippen molar-refractivity contribution in [3.05, 3.63) is 39.8 Å². The quantitative estimate of drug-likeness (QED) is 0.658. The Morgan fingerprint density at radius 1 is 1.43 bits per heavy atom. The fraction of sp³-hybridized carbons (Fsp3) is 0.333. The Kier molecular flexibility index (Phi) is 5.16. The second-order valence-electron chi connectivity index (χ2n) is 4.62. The number of aliphatic imine (C=N–C) groups is 1. The van der Waals surface area contributed by atoms with Gasteiger partial charge in [-0.05, 0) is 26.0 Å². The smallest absolute Gasteiger partial charge is 0.193 e. The van der Waals surface area contributed by atoms with Gasteiger partial charge in [0.15, 0.2) is 5.96 Å². The number of guanidine groups is 1. The molecular weight excluding hydrogens is 284 g/mol. The van der Waals surface area contributed by atoms with Crippen molar-refractivity contribution < 1.29 is 4.74 Å². The lowest BCUT2D eigenvalue weighted by molar-refractivity contribution is 0.415. The van der Waals surface area contributed by atoms with E-state index >= 15 is 0 Å². The summed E-state index contributed by atoms with van der Waals surface area (Å²) in [6, 6.07) is 7.58. The third kappa shape index (κ3) is 4.46. The molecule has 5 nitrogen and oxygen atoms in total. The number of ether oxygens (including phenoxy) is 1. The van der Waals surface area contributed by atoms with Gasteiger partial charge in [0, 0.05) is 29.6 Å². The first-order chi connectivity index (χ1) is 10.1. The van der Waals surface area contributed by atoms with Gasteiger partial charge in [0.05, 0.1) is 17.8 Å². The molecule has 2 aromatic rings. The first-order valence-corrected chi connectivity index (χ1v) is 7.54. The highest BCUT2D eigenvalue weighted by Gasteiger charge is 2.04. The fourth-order valence-corrected chi connectivity index (χ4v) is 2.90. The van der Waals surface area contributed by atoms with Crippen LogP contribution in [0.4, 0.5) is 5.69 Å². The highest BCUT2D eigenvalue weighted by atomic mass is 32.1. The van der Waals surface area contributed by atoms with Crippen molar-refractivity contribution in [2.45, 2.75) is 20.3 Å². The van der Waals surface area contributed by atoms with Crippen LogP contribution in [0.25, 0.3) is 0 Å². The van der Waals surface area contributed by atoms with Crippen LogP contribution in [-0.2, 0) is 6.42 Å². The summed E-state index contributed by atoms with van der Waals surface area (Å²) in [6.45, 7) is 4.69. The van der Waals surface area contributed by atoms with E-state index in [0.717, 1.165) is 28.6 Å². The average molecular weight is 304 g/mol. The molecule has 1 heterocycles. The van der Waals surface area contributed by atoms with Crippen molar-refractivity contribution in [3.8, 4) is 5.75 Å². The molecule has 0 atom stereocenters. The molecule has 3 N–H and O–H groups in total. The van der Waals surface area contributed by atoms with E-state index in [9.17, 15) is 0 Å². The molecule has 0 aliphatic rings. The molecule has 0 radical (unpaired) electrons. The first-order valence-electron chi connectivity index (χ1n) is 6.72. The van der Waals surface area contributed by atoms with Crippen LogP contribution in [0.15, 0.2) is 29.3 Å². The summed E-state index contributed by atoms with van der Waals surface area (Å²) < 4.78 is 5.16. The van der Waals surface area contributed by atoms with E-state index in [0.29, 0.717) is 12.5 Å². The van der Waals surface area contributed by atoms with Crippen LogP contribution in [0.5, 0.6) is 5.75 Å². The second kappa shape index (κ2) is 7.08. The predicted molar refractivity (Wildman–Crippen MR) is 88.4 cm³/mol. The maximum absolute atomic E-state index is 5.89. The number of hydrogen-bond acceptors (Lipinski definition) is 4. The summed E-state index contributed by atoms with van der Waals surface area (Å²) in [4.78, 5) is 10.0. The van der Waals surface area contributed by atoms with Gasteiger partial charge in [0.25, 0.3) is 0 Å². The summed E-state index contributed by atoms with van der Waals surface area (Å²) in [5, 5.41) is 4.15. The topological polar surface area (TPSA) is 72.5 Å². The second-order valence-corrected chi connectivity index (χ2v) is 5.90. The zero-order valence-corrected chi connectivity index (χ0v) is 13.3. The minimum absolute atomic E-state index is 0.405. The number of aryl methyl sites for hydroxylation is 2. The Hall–Kier alpha value is -2.08. The Morgan fingerprint density at radius 2 is 2.24 bits per heavy atom. The van der Waals surface area contributed by atoms with E-state index in [1.54, 1.807) is 18.4 Å². The monoisotopic (exact) mass is 304 g/mol. The van der Waals surface area contributed by atoms with E-state index in [4.69, 9.17) is 10.5 Å². The molecule has 0 aliphatic heterocycles. The molecular formula is C15H20N4OS. The Morgan fingerprint density at radius 3 is 2.90 bits per heavy atom. The van der Waals surface area contributed by atoms with Crippen LogP contribution >= 0.6 is 11.3 Å². The summed E-state index contributed by atoms with van der Waals surface area (Å²) >= 11 is 1.72. The van der Waals surface area contributed by atoms with Crippen molar-refractivity contribution in [3.63, 3.8) is 0 Å².